The van der Waals surface area contributed by atoms with Gasteiger partial charge >= 0.3 is 0 Å². The molecule has 0 spiro atoms. The van der Waals surface area contributed by atoms with Crippen LogP contribution in [-0.4, -0.2) is 35.1 Å². The molecule has 1 heterocycles. The fourth-order valence-corrected chi connectivity index (χ4v) is 3.54. The highest BCUT2D eigenvalue weighted by atomic mass is 32.2. The van der Waals surface area contributed by atoms with Crippen molar-refractivity contribution in [3.05, 3.63) is 60.2 Å². The minimum Gasteiger partial charge on any atom is -0.497 e. The molecule has 144 valence electrons. The van der Waals surface area contributed by atoms with E-state index in [1.807, 2.05) is 37.3 Å². The van der Waals surface area contributed by atoms with Crippen molar-refractivity contribution in [3.63, 3.8) is 0 Å². The lowest BCUT2D eigenvalue weighted by Crippen LogP contribution is -2.31. The Morgan fingerprint density at radius 1 is 1.11 bits per heavy atom. The average molecular weight is 396 g/mol. The summed E-state index contributed by atoms with van der Waals surface area (Å²) in [5.41, 5.74) is 8.03. The molecule has 7 nitrogen and oxygen atoms in total. The Balaban J connectivity index is 1.67. The van der Waals surface area contributed by atoms with Crippen LogP contribution in [-0.2, 0) is 9.59 Å². The molecule has 1 unspecified atom stereocenters. The number of rotatable bonds is 5. The van der Waals surface area contributed by atoms with Gasteiger partial charge in [-0.25, -0.2) is 4.90 Å². The number of thioether (sulfide) groups is 1. The van der Waals surface area contributed by atoms with Crippen LogP contribution in [0.2, 0.25) is 0 Å². The quantitative estimate of drug-likeness (QED) is 0.363. The van der Waals surface area contributed by atoms with E-state index in [1.54, 1.807) is 31.4 Å². The number of nitrogens with two attached hydrogens (primary N) is 1. The Hall–Kier alpha value is -3.13. The molecule has 1 saturated heterocycles. The highest BCUT2D eigenvalue weighted by molar-refractivity contribution is 8.14. The number of amidine groups is 1. The number of ether oxygens (including phenoxy) is 1. The molecule has 2 N–H and O–H groups in total. The first kappa shape index (κ1) is 19.6. The zero-order valence-corrected chi connectivity index (χ0v) is 16.3. The van der Waals surface area contributed by atoms with Gasteiger partial charge in [0.2, 0.25) is 11.8 Å². The lowest BCUT2D eigenvalue weighted by Gasteiger charge is -2.14. The van der Waals surface area contributed by atoms with Gasteiger partial charge in [-0.3, -0.25) is 9.59 Å². The third kappa shape index (κ3) is 4.40. The van der Waals surface area contributed by atoms with Crippen molar-refractivity contribution in [2.45, 2.75) is 18.6 Å². The minimum absolute atomic E-state index is 0.0792. The summed E-state index contributed by atoms with van der Waals surface area (Å²) in [4.78, 5) is 26.0. The molecule has 0 bridgehead atoms. The second kappa shape index (κ2) is 8.71. The standard InChI is InChI=1S/C20H20N4O3S/c1-13(14-8-10-16(27-2)11-9-14)22-23-20(21)28-17-12-18(25)24(19(17)26)15-6-4-3-5-7-15/h3-11,17H,12H2,1-2H3,(H2,21,23)/b22-13+. The van der Waals surface area contributed by atoms with Gasteiger partial charge in [-0.1, -0.05) is 30.0 Å². The molecule has 8 heteroatoms. The van der Waals surface area contributed by atoms with Crippen LogP contribution in [0, 0.1) is 0 Å². The van der Waals surface area contributed by atoms with Crippen molar-refractivity contribution in [2.75, 3.05) is 12.0 Å². The van der Waals surface area contributed by atoms with E-state index in [-0.39, 0.29) is 23.4 Å². The van der Waals surface area contributed by atoms with Crippen molar-refractivity contribution in [1.82, 2.24) is 0 Å². The normalized spacial score (nSPS) is 17.9. The van der Waals surface area contributed by atoms with Crippen LogP contribution in [0.15, 0.2) is 64.8 Å². The second-order valence-corrected chi connectivity index (χ2v) is 7.29. The lowest BCUT2D eigenvalue weighted by molar-refractivity contribution is -0.121. The molecule has 0 radical (unpaired) electrons. The molecule has 1 aliphatic rings. The van der Waals surface area contributed by atoms with Crippen LogP contribution in [0.5, 0.6) is 5.75 Å². The van der Waals surface area contributed by atoms with Crippen molar-refractivity contribution < 1.29 is 14.3 Å². The van der Waals surface area contributed by atoms with E-state index in [9.17, 15) is 9.59 Å². The number of carbonyl (C=O) groups is 2. The average Bonchev–Trinajstić information content (AvgIpc) is 2.99. The van der Waals surface area contributed by atoms with Crippen LogP contribution >= 0.6 is 11.8 Å². The number of benzene rings is 2. The van der Waals surface area contributed by atoms with Crippen LogP contribution in [0.25, 0.3) is 0 Å². The first-order valence-corrected chi connectivity index (χ1v) is 9.48. The molecule has 0 aromatic heterocycles. The van der Waals surface area contributed by atoms with Crippen LogP contribution in [0.3, 0.4) is 0 Å². The smallest absolute Gasteiger partial charge is 0.247 e. The summed E-state index contributed by atoms with van der Waals surface area (Å²) in [5.74, 6) is 0.206. The lowest BCUT2D eigenvalue weighted by atomic mass is 10.1. The molecule has 2 amide bonds. The van der Waals surface area contributed by atoms with Gasteiger partial charge in [0.1, 0.15) is 11.0 Å². The fraction of sp³-hybridized carbons (Fsp3) is 0.200. The molecule has 2 aromatic rings. The van der Waals surface area contributed by atoms with E-state index in [1.165, 1.54) is 4.90 Å². The van der Waals surface area contributed by atoms with Crippen LogP contribution in [0.1, 0.15) is 18.9 Å². The van der Waals surface area contributed by atoms with Crippen molar-refractivity contribution in [1.29, 1.82) is 0 Å². The number of para-hydroxylation sites is 1. The molecular weight excluding hydrogens is 376 g/mol. The van der Waals surface area contributed by atoms with Gasteiger partial charge in [0.15, 0.2) is 5.17 Å². The number of nitrogens with zero attached hydrogens (tertiary/aromatic N) is 3. The molecule has 1 atom stereocenters. The summed E-state index contributed by atoms with van der Waals surface area (Å²) in [6, 6.07) is 16.2. The van der Waals surface area contributed by atoms with E-state index in [2.05, 4.69) is 10.2 Å². The van der Waals surface area contributed by atoms with E-state index < -0.39 is 5.25 Å². The van der Waals surface area contributed by atoms with E-state index in [0.717, 1.165) is 23.1 Å². The Morgan fingerprint density at radius 3 is 2.43 bits per heavy atom. The first-order valence-electron chi connectivity index (χ1n) is 8.60. The minimum atomic E-state index is -0.604. The van der Waals surface area contributed by atoms with Gasteiger partial charge in [-0.15, -0.1) is 5.10 Å². The van der Waals surface area contributed by atoms with Gasteiger partial charge in [0.05, 0.1) is 18.5 Å². The predicted octanol–water partition coefficient (Wildman–Crippen LogP) is 2.80. The largest absolute Gasteiger partial charge is 0.497 e. The Morgan fingerprint density at radius 2 is 1.79 bits per heavy atom. The number of imide groups is 1. The van der Waals surface area contributed by atoms with E-state index in [4.69, 9.17) is 10.5 Å². The first-order chi connectivity index (χ1) is 13.5. The summed E-state index contributed by atoms with van der Waals surface area (Å²) < 4.78 is 5.13. The van der Waals surface area contributed by atoms with Crippen LogP contribution in [0.4, 0.5) is 5.69 Å². The Kier molecular flexibility index (Phi) is 6.10. The van der Waals surface area contributed by atoms with E-state index >= 15 is 0 Å². The number of carbonyl (C=O) groups excluding carboxylic acids is 2. The second-order valence-electron chi connectivity index (χ2n) is 6.07. The highest BCUT2D eigenvalue weighted by Crippen LogP contribution is 2.29. The van der Waals surface area contributed by atoms with E-state index in [0.29, 0.717) is 11.4 Å². The summed E-state index contributed by atoms with van der Waals surface area (Å²) in [6.45, 7) is 1.81. The highest BCUT2D eigenvalue weighted by Gasteiger charge is 2.40. The van der Waals surface area contributed by atoms with Crippen molar-refractivity contribution >= 4 is 40.1 Å². The molecular formula is C20H20N4O3S. The molecule has 1 fully saturated rings. The molecule has 0 saturated carbocycles. The van der Waals surface area contributed by atoms with Gasteiger partial charge < -0.3 is 10.5 Å². The molecule has 28 heavy (non-hydrogen) atoms. The summed E-state index contributed by atoms with van der Waals surface area (Å²) >= 11 is 1.05. The molecule has 3 rings (SSSR count). The third-order valence-corrected chi connectivity index (χ3v) is 5.16. The number of amides is 2. The fourth-order valence-electron chi connectivity index (χ4n) is 2.73. The maximum absolute atomic E-state index is 12.6. The van der Waals surface area contributed by atoms with Crippen LogP contribution < -0.4 is 15.4 Å². The predicted molar refractivity (Wildman–Crippen MR) is 112 cm³/mol. The number of hydrogen-bond acceptors (Lipinski definition) is 6. The molecule has 2 aromatic carbocycles. The van der Waals surface area contributed by atoms with Gasteiger partial charge in [0, 0.05) is 6.42 Å². The Labute approximate surface area is 167 Å². The molecule has 0 aliphatic carbocycles. The SMILES string of the molecule is COc1ccc(/C(C)=N/N=C(/N)SC2CC(=O)N(c3ccccc3)C2=O)cc1. The number of hydrogen-bond donors (Lipinski definition) is 1. The van der Waals surface area contributed by atoms with Crippen molar-refractivity contribution in [2.24, 2.45) is 15.9 Å². The summed E-state index contributed by atoms with van der Waals surface area (Å²) in [6.07, 6.45) is 0.0792. The maximum atomic E-state index is 12.6. The number of methoxy groups -OCH3 is 1. The summed E-state index contributed by atoms with van der Waals surface area (Å²) in [7, 11) is 1.60. The topological polar surface area (TPSA) is 97.3 Å². The molecule has 1 aliphatic heterocycles. The Bertz CT molecular complexity index is 926. The third-order valence-electron chi connectivity index (χ3n) is 4.19. The van der Waals surface area contributed by atoms with Gasteiger partial charge in [0.25, 0.3) is 0 Å². The van der Waals surface area contributed by atoms with Gasteiger partial charge in [-0.05, 0) is 48.9 Å². The monoisotopic (exact) mass is 396 g/mol. The van der Waals surface area contributed by atoms with Crippen molar-refractivity contribution in [3.8, 4) is 5.75 Å². The summed E-state index contributed by atoms with van der Waals surface area (Å²) in [5, 5.41) is 7.65. The van der Waals surface area contributed by atoms with Gasteiger partial charge in [-0.2, -0.15) is 5.10 Å². The maximum Gasteiger partial charge on any atom is 0.247 e. The zero-order chi connectivity index (χ0) is 20.1. The zero-order valence-electron chi connectivity index (χ0n) is 15.5. The number of anilines is 1.